The van der Waals surface area contributed by atoms with Gasteiger partial charge in [0.25, 0.3) is 0 Å². The minimum Gasteiger partial charge on any atom is -0.444 e. The minimum atomic E-state index is -0.404. The Hall–Kier alpha value is -0.810. The van der Waals surface area contributed by atoms with Crippen LogP contribution in [-0.2, 0) is 4.74 Å². The second-order valence-corrected chi connectivity index (χ2v) is 7.32. The Kier molecular flexibility index (Phi) is 4.59. The summed E-state index contributed by atoms with van der Waals surface area (Å²) in [5.41, 5.74) is -0.404. The molecule has 5 heteroatoms. The normalized spacial score (nSPS) is 25.1. The Labute approximate surface area is 122 Å². The second kappa shape index (κ2) is 5.90. The van der Waals surface area contributed by atoms with Gasteiger partial charge in [-0.1, -0.05) is 0 Å². The van der Waals surface area contributed by atoms with Crippen LogP contribution in [0.1, 0.15) is 41.0 Å². The van der Waals surface area contributed by atoms with Crippen LogP contribution in [0, 0.1) is 0 Å². The lowest BCUT2D eigenvalue weighted by molar-refractivity contribution is 0.00424. The SMILES string of the molecule is CC(C)N1CCC(NC2CN(C(=O)OC(C)(C)C)C2)C1. The van der Waals surface area contributed by atoms with E-state index in [9.17, 15) is 4.79 Å². The number of hydrogen-bond acceptors (Lipinski definition) is 4. The number of hydrogen-bond donors (Lipinski definition) is 1. The van der Waals surface area contributed by atoms with Crippen LogP contribution in [-0.4, -0.2) is 65.8 Å². The summed E-state index contributed by atoms with van der Waals surface area (Å²) in [6, 6.07) is 1.63. The summed E-state index contributed by atoms with van der Waals surface area (Å²) < 4.78 is 5.36. The molecule has 5 nitrogen and oxygen atoms in total. The number of amides is 1. The first-order valence-electron chi connectivity index (χ1n) is 7.72. The third-order valence-corrected chi connectivity index (χ3v) is 3.95. The highest BCUT2D eigenvalue weighted by molar-refractivity contribution is 5.69. The molecular formula is C15H29N3O2. The van der Waals surface area contributed by atoms with Crippen molar-refractivity contribution in [3.63, 3.8) is 0 Å². The molecule has 0 radical (unpaired) electrons. The lowest BCUT2D eigenvalue weighted by Gasteiger charge is -2.41. The van der Waals surface area contributed by atoms with Crippen molar-refractivity contribution in [2.45, 2.75) is 64.8 Å². The number of nitrogens with zero attached hydrogens (tertiary/aromatic N) is 2. The van der Waals surface area contributed by atoms with Crippen molar-refractivity contribution in [1.82, 2.24) is 15.1 Å². The number of likely N-dealkylation sites (tertiary alicyclic amines) is 2. The molecule has 0 aromatic heterocycles. The fourth-order valence-corrected chi connectivity index (χ4v) is 2.79. The maximum atomic E-state index is 11.8. The molecule has 2 heterocycles. The molecule has 116 valence electrons. The van der Waals surface area contributed by atoms with E-state index in [0.29, 0.717) is 18.1 Å². The fourth-order valence-electron chi connectivity index (χ4n) is 2.79. The quantitative estimate of drug-likeness (QED) is 0.856. The summed E-state index contributed by atoms with van der Waals surface area (Å²) in [4.78, 5) is 16.1. The van der Waals surface area contributed by atoms with Gasteiger partial charge in [0, 0.05) is 37.8 Å². The monoisotopic (exact) mass is 283 g/mol. The highest BCUT2D eigenvalue weighted by Crippen LogP contribution is 2.18. The summed E-state index contributed by atoms with van der Waals surface area (Å²) in [5, 5.41) is 3.66. The van der Waals surface area contributed by atoms with Crippen LogP contribution in [0.5, 0.6) is 0 Å². The third-order valence-electron chi connectivity index (χ3n) is 3.95. The molecule has 0 saturated carbocycles. The van der Waals surface area contributed by atoms with E-state index in [1.165, 1.54) is 13.0 Å². The average molecular weight is 283 g/mol. The van der Waals surface area contributed by atoms with E-state index < -0.39 is 5.60 Å². The molecule has 0 aliphatic carbocycles. The number of rotatable bonds is 3. The molecule has 0 spiro atoms. The van der Waals surface area contributed by atoms with E-state index in [-0.39, 0.29) is 6.09 Å². The van der Waals surface area contributed by atoms with Crippen molar-refractivity contribution in [3.05, 3.63) is 0 Å². The number of nitrogens with one attached hydrogen (secondary N) is 1. The van der Waals surface area contributed by atoms with Crippen LogP contribution in [0.25, 0.3) is 0 Å². The lowest BCUT2D eigenvalue weighted by atomic mass is 10.1. The Morgan fingerprint density at radius 2 is 1.85 bits per heavy atom. The van der Waals surface area contributed by atoms with Crippen LogP contribution < -0.4 is 5.32 Å². The van der Waals surface area contributed by atoms with Gasteiger partial charge in [-0.05, 0) is 47.6 Å². The Morgan fingerprint density at radius 1 is 1.20 bits per heavy atom. The van der Waals surface area contributed by atoms with E-state index >= 15 is 0 Å². The fraction of sp³-hybridized carbons (Fsp3) is 0.933. The van der Waals surface area contributed by atoms with Crippen LogP contribution in [0.4, 0.5) is 4.79 Å². The summed E-state index contributed by atoms with van der Waals surface area (Å²) in [6.07, 6.45) is 1.02. The van der Waals surface area contributed by atoms with Crippen LogP contribution in [0.15, 0.2) is 0 Å². The summed E-state index contributed by atoms with van der Waals surface area (Å²) in [6.45, 7) is 14.0. The predicted octanol–water partition coefficient (Wildman–Crippen LogP) is 1.68. The van der Waals surface area contributed by atoms with Gasteiger partial charge in [-0.25, -0.2) is 4.79 Å². The summed E-state index contributed by atoms with van der Waals surface area (Å²) in [7, 11) is 0. The third kappa shape index (κ3) is 4.09. The molecule has 2 fully saturated rings. The maximum Gasteiger partial charge on any atom is 0.410 e. The van der Waals surface area contributed by atoms with Crippen molar-refractivity contribution in [2.75, 3.05) is 26.2 Å². The van der Waals surface area contributed by atoms with Gasteiger partial charge in [-0.3, -0.25) is 4.90 Å². The Balaban J connectivity index is 1.66. The highest BCUT2D eigenvalue weighted by atomic mass is 16.6. The Morgan fingerprint density at radius 3 is 2.35 bits per heavy atom. The van der Waals surface area contributed by atoms with Gasteiger partial charge in [0.1, 0.15) is 5.60 Å². The molecule has 20 heavy (non-hydrogen) atoms. The number of ether oxygens (including phenoxy) is 1. The zero-order valence-corrected chi connectivity index (χ0v) is 13.5. The largest absolute Gasteiger partial charge is 0.444 e. The van der Waals surface area contributed by atoms with Crippen LogP contribution in [0.2, 0.25) is 0 Å². The molecule has 2 aliphatic heterocycles. The maximum absolute atomic E-state index is 11.8. The standard InChI is InChI=1S/C15H29N3O2/c1-11(2)17-7-6-12(8-17)16-13-9-18(10-13)14(19)20-15(3,4)5/h11-13,16H,6-10H2,1-5H3. The molecular weight excluding hydrogens is 254 g/mol. The van der Waals surface area contributed by atoms with Crippen molar-refractivity contribution in [3.8, 4) is 0 Å². The first-order chi connectivity index (χ1) is 9.24. The van der Waals surface area contributed by atoms with Gasteiger partial charge in [0.05, 0.1) is 0 Å². The van der Waals surface area contributed by atoms with E-state index in [1.54, 1.807) is 4.90 Å². The van der Waals surface area contributed by atoms with Crippen LogP contribution >= 0.6 is 0 Å². The van der Waals surface area contributed by atoms with Gasteiger partial charge in [0.2, 0.25) is 0 Å². The molecule has 2 rings (SSSR count). The summed E-state index contributed by atoms with van der Waals surface area (Å²) in [5.74, 6) is 0. The molecule has 1 amide bonds. The zero-order valence-electron chi connectivity index (χ0n) is 13.5. The van der Waals surface area contributed by atoms with Gasteiger partial charge in [0.15, 0.2) is 0 Å². The van der Waals surface area contributed by atoms with Crippen LogP contribution in [0.3, 0.4) is 0 Å². The molecule has 2 aliphatic rings. The molecule has 0 bridgehead atoms. The molecule has 1 N–H and O–H groups in total. The number of carbonyl (C=O) groups excluding carboxylic acids is 1. The topological polar surface area (TPSA) is 44.8 Å². The van der Waals surface area contributed by atoms with Gasteiger partial charge in [-0.15, -0.1) is 0 Å². The van der Waals surface area contributed by atoms with E-state index in [1.807, 2.05) is 20.8 Å². The lowest BCUT2D eigenvalue weighted by Crippen LogP contribution is -2.62. The number of carbonyl (C=O) groups is 1. The average Bonchev–Trinajstić information content (AvgIpc) is 2.68. The van der Waals surface area contributed by atoms with Gasteiger partial charge >= 0.3 is 6.09 Å². The summed E-state index contributed by atoms with van der Waals surface area (Å²) >= 11 is 0. The molecule has 1 unspecified atom stereocenters. The minimum absolute atomic E-state index is 0.189. The molecule has 0 aromatic carbocycles. The predicted molar refractivity (Wildman–Crippen MR) is 79.8 cm³/mol. The van der Waals surface area contributed by atoms with Gasteiger partial charge < -0.3 is 15.0 Å². The van der Waals surface area contributed by atoms with E-state index in [4.69, 9.17) is 4.74 Å². The van der Waals surface area contributed by atoms with Gasteiger partial charge in [-0.2, -0.15) is 0 Å². The highest BCUT2D eigenvalue weighted by Gasteiger charge is 2.36. The smallest absolute Gasteiger partial charge is 0.410 e. The zero-order chi connectivity index (χ0) is 14.9. The Bertz CT molecular complexity index is 346. The first kappa shape index (κ1) is 15.6. The van der Waals surface area contributed by atoms with Crippen molar-refractivity contribution >= 4 is 6.09 Å². The van der Waals surface area contributed by atoms with Crippen molar-refractivity contribution < 1.29 is 9.53 Å². The van der Waals surface area contributed by atoms with Crippen molar-refractivity contribution in [2.24, 2.45) is 0 Å². The van der Waals surface area contributed by atoms with E-state index in [0.717, 1.165) is 19.6 Å². The van der Waals surface area contributed by atoms with E-state index in [2.05, 4.69) is 24.1 Å². The molecule has 0 aromatic rings. The molecule has 2 saturated heterocycles. The second-order valence-electron chi connectivity index (χ2n) is 7.32. The van der Waals surface area contributed by atoms with Crippen molar-refractivity contribution in [1.29, 1.82) is 0 Å². The first-order valence-corrected chi connectivity index (χ1v) is 7.72. The molecule has 1 atom stereocenters.